The molecule has 0 radical (unpaired) electrons. The molecule has 2 aromatic rings. The zero-order valence-electron chi connectivity index (χ0n) is 18.8. The van der Waals surface area contributed by atoms with E-state index in [2.05, 4.69) is 21.6 Å². The highest BCUT2D eigenvalue weighted by Gasteiger charge is 2.32. The number of nitrogens with one attached hydrogen (secondary N) is 2. The van der Waals surface area contributed by atoms with Gasteiger partial charge in [-0.25, -0.2) is 4.79 Å². The Labute approximate surface area is 193 Å². The fourth-order valence-corrected chi connectivity index (χ4v) is 5.03. The number of nitrogens with zero attached hydrogens (tertiary/aromatic N) is 1. The maximum absolute atomic E-state index is 12.7. The van der Waals surface area contributed by atoms with Gasteiger partial charge in [-0.15, -0.1) is 0 Å². The van der Waals surface area contributed by atoms with Crippen molar-refractivity contribution in [1.29, 1.82) is 0 Å². The fraction of sp³-hybridized carbons (Fsp3) is 0.385. The number of likely N-dealkylation sites (tertiary alicyclic amines) is 1. The van der Waals surface area contributed by atoms with Crippen LogP contribution in [0, 0.1) is 0 Å². The summed E-state index contributed by atoms with van der Waals surface area (Å²) in [5.41, 5.74) is 5.13. The molecule has 1 atom stereocenters. The SMILES string of the molecule is C/C(=C1/C(=O)Nc2ccc(C(=O)O)cc21)C1Cc2cc(OCCN3CCCCC3)ccc2N1. The molecule has 3 aliphatic rings. The highest BCUT2D eigenvalue weighted by Crippen LogP contribution is 2.39. The largest absolute Gasteiger partial charge is 0.492 e. The van der Waals surface area contributed by atoms with Crippen molar-refractivity contribution in [2.45, 2.75) is 38.6 Å². The molecule has 1 unspecified atom stereocenters. The van der Waals surface area contributed by atoms with Gasteiger partial charge in [0.05, 0.1) is 11.6 Å². The van der Waals surface area contributed by atoms with Crippen LogP contribution < -0.4 is 15.4 Å². The number of fused-ring (bicyclic) bond motifs is 2. The minimum Gasteiger partial charge on any atom is -0.492 e. The molecule has 7 nitrogen and oxygen atoms in total. The van der Waals surface area contributed by atoms with E-state index in [1.807, 2.05) is 19.1 Å². The Morgan fingerprint density at radius 2 is 1.91 bits per heavy atom. The van der Waals surface area contributed by atoms with Gasteiger partial charge in [0, 0.05) is 29.1 Å². The molecule has 3 heterocycles. The molecule has 0 bridgehead atoms. The number of benzene rings is 2. The van der Waals surface area contributed by atoms with Crippen LogP contribution >= 0.6 is 0 Å². The second kappa shape index (κ2) is 8.90. The van der Waals surface area contributed by atoms with Gasteiger partial charge in [-0.2, -0.15) is 0 Å². The molecule has 0 aromatic heterocycles. The number of amides is 1. The van der Waals surface area contributed by atoms with Crippen molar-refractivity contribution < 1.29 is 19.4 Å². The second-order valence-electron chi connectivity index (χ2n) is 9.05. The number of ether oxygens (including phenoxy) is 1. The molecule has 3 N–H and O–H groups in total. The minimum absolute atomic E-state index is 0.0382. The Hall–Kier alpha value is -3.32. The second-order valence-corrected chi connectivity index (χ2v) is 9.05. The monoisotopic (exact) mass is 447 g/mol. The normalized spacial score (nSPS) is 21.1. The Morgan fingerprint density at radius 1 is 1.12 bits per heavy atom. The van der Waals surface area contributed by atoms with Crippen LogP contribution in [-0.4, -0.2) is 54.2 Å². The maximum atomic E-state index is 12.7. The molecule has 0 aliphatic carbocycles. The van der Waals surface area contributed by atoms with Crippen molar-refractivity contribution >= 4 is 28.8 Å². The first-order valence-corrected chi connectivity index (χ1v) is 11.6. The summed E-state index contributed by atoms with van der Waals surface area (Å²) in [5, 5.41) is 15.7. The smallest absolute Gasteiger partial charge is 0.335 e. The van der Waals surface area contributed by atoms with Crippen molar-refractivity contribution in [2.24, 2.45) is 0 Å². The molecule has 0 spiro atoms. The number of hydrogen-bond acceptors (Lipinski definition) is 5. The maximum Gasteiger partial charge on any atom is 0.335 e. The topological polar surface area (TPSA) is 90.9 Å². The van der Waals surface area contributed by atoms with Gasteiger partial charge in [0.25, 0.3) is 5.91 Å². The van der Waals surface area contributed by atoms with Gasteiger partial charge in [-0.05, 0) is 86.8 Å². The summed E-state index contributed by atoms with van der Waals surface area (Å²) in [5.74, 6) is -0.327. The first-order chi connectivity index (χ1) is 16.0. The average molecular weight is 448 g/mol. The van der Waals surface area contributed by atoms with Gasteiger partial charge in [0.1, 0.15) is 12.4 Å². The molecule has 2 aromatic carbocycles. The predicted molar refractivity (Wildman–Crippen MR) is 128 cm³/mol. The number of piperidine rings is 1. The van der Waals surface area contributed by atoms with Crippen LogP contribution in [-0.2, 0) is 11.2 Å². The molecule has 172 valence electrons. The highest BCUT2D eigenvalue weighted by atomic mass is 16.5. The lowest BCUT2D eigenvalue weighted by Gasteiger charge is -2.26. The number of carboxylic acids is 1. The summed E-state index contributed by atoms with van der Waals surface area (Å²) < 4.78 is 6.03. The van der Waals surface area contributed by atoms with Crippen molar-refractivity contribution in [3.05, 3.63) is 58.7 Å². The van der Waals surface area contributed by atoms with E-state index in [1.54, 1.807) is 12.1 Å². The van der Waals surface area contributed by atoms with E-state index >= 15 is 0 Å². The van der Waals surface area contributed by atoms with E-state index < -0.39 is 5.97 Å². The molecule has 1 amide bonds. The van der Waals surface area contributed by atoms with E-state index in [4.69, 9.17) is 4.74 Å². The molecule has 0 saturated carbocycles. The summed E-state index contributed by atoms with van der Waals surface area (Å²) in [6, 6.07) is 10.8. The van der Waals surface area contributed by atoms with E-state index in [-0.39, 0.29) is 17.5 Å². The summed E-state index contributed by atoms with van der Waals surface area (Å²) >= 11 is 0. The zero-order chi connectivity index (χ0) is 22.9. The molecule has 5 rings (SSSR count). The van der Waals surface area contributed by atoms with Gasteiger partial charge in [0.15, 0.2) is 0 Å². The zero-order valence-corrected chi connectivity index (χ0v) is 18.8. The lowest BCUT2D eigenvalue weighted by atomic mass is 9.94. The first-order valence-electron chi connectivity index (χ1n) is 11.6. The third-order valence-electron chi connectivity index (χ3n) is 6.88. The van der Waals surface area contributed by atoms with Crippen LogP contribution in [0.3, 0.4) is 0 Å². The Bertz CT molecular complexity index is 1130. The number of hydrogen-bond donors (Lipinski definition) is 3. The fourth-order valence-electron chi connectivity index (χ4n) is 5.03. The Morgan fingerprint density at radius 3 is 2.70 bits per heavy atom. The van der Waals surface area contributed by atoms with Crippen LogP contribution in [0.1, 0.15) is 47.7 Å². The molecular weight excluding hydrogens is 418 g/mol. The lowest BCUT2D eigenvalue weighted by molar-refractivity contribution is -0.110. The Kier molecular flexibility index (Phi) is 5.81. The van der Waals surface area contributed by atoms with Crippen LogP contribution in [0.4, 0.5) is 11.4 Å². The quantitative estimate of drug-likeness (QED) is 0.580. The third kappa shape index (κ3) is 4.33. The van der Waals surface area contributed by atoms with Crippen LogP contribution in [0.25, 0.3) is 5.57 Å². The summed E-state index contributed by atoms with van der Waals surface area (Å²) in [4.78, 5) is 26.6. The van der Waals surface area contributed by atoms with Gasteiger partial charge in [-0.3, -0.25) is 9.69 Å². The number of anilines is 2. The van der Waals surface area contributed by atoms with Gasteiger partial charge >= 0.3 is 5.97 Å². The third-order valence-corrected chi connectivity index (χ3v) is 6.88. The van der Waals surface area contributed by atoms with Crippen LogP contribution in [0.2, 0.25) is 0 Å². The lowest BCUT2D eigenvalue weighted by Crippen LogP contribution is -2.33. The van der Waals surface area contributed by atoms with E-state index in [0.29, 0.717) is 23.4 Å². The summed E-state index contributed by atoms with van der Waals surface area (Å²) in [6.45, 7) is 5.91. The number of carbonyl (C=O) groups excluding carboxylic acids is 1. The van der Waals surface area contributed by atoms with Gasteiger partial charge < -0.3 is 20.5 Å². The number of rotatable bonds is 6. The van der Waals surface area contributed by atoms with Crippen LogP contribution in [0.15, 0.2) is 42.0 Å². The molecule has 3 aliphatic heterocycles. The van der Waals surface area contributed by atoms with Crippen molar-refractivity contribution in [3.8, 4) is 5.75 Å². The average Bonchev–Trinajstić information content (AvgIpc) is 3.38. The number of aromatic carboxylic acids is 1. The molecule has 1 fully saturated rings. The van der Waals surface area contributed by atoms with Crippen molar-refractivity contribution in [1.82, 2.24) is 4.90 Å². The first kappa shape index (κ1) is 21.5. The van der Waals surface area contributed by atoms with Crippen molar-refractivity contribution in [3.63, 3.8) is 0 Å². The molecule has 7 heteroatoms. The van der Waals surface area contributed by atoms with Crippen molar-refractivity contribution in [2.75, 3.05) is 36.9 Å². The van der Waals surface area contributed by atoms with Gasteiger partial charge in [0.2, 0.25) is 0 Å². The predicted octanol–water partition coefficient (Wildman–Crippen LogP) is 4.01. The minimum atomic E-state index is -1.01. The van der Waals surface area contributed by atoms with E-state index in [1.165, 1.54) is 25.3 Å². The standard InChI is InChI=1S/C26H29N3O4/c1-16(24-20-14-17(26(31)32)5-7-22(20)28-25(24)30)23-15-18-13-19(6-8-21(18)27-23)33-12-11-29-9-3-2-4-10-29/h5-8,13-14,23,27H,2-4,9-12,15H2,1H3,(H,28,30)(H,31,32)/b24-16-. The van der Waals surface area contributed by atoms with E-state index in [0.717, 1.165) is 48.6 Å². The highest BCUT2D eigenvalue weighted by molar-refractivity contribution is 6.32. The number of carbonyl (C=O) groups is 2. The van der Waals surface area contributed by atoms with E-state index in [9.17, 15) is 14.7 Å². The molecular formula is C26H29N3O4. The summed E-state index contributed by atoms with van der Waals surface area (Å²) in [7, 11) is 0. The van der Waals surface area contributed by atoms with Crippen LogP contribution in [0.5, 0.6) is 5.75 Å². The van der Waals surface area contributed by atoms with Gasteiger partial charge in [-0.1, -0.05) is 6.42 Å². The molecule has 33 heavy (non-hydrogen) atoms. The summed E-state index contributed by atoms with van der Waals surface area (Å²) in [6.07, 6.45) is 4.64. The Balaban J connectivity index is 1.30. The molecule has 1 saturated heterocycles. The number of carboxylic acid groups (broad SMARTS) is 1.